The van der Waals surface area contributed by atoms with Crippen LogP contribution < -0.4 is 21.5 Å². The number of phenols is 1. The van der Waals surface area contributed by atoms with Crippen LogP contribution in [0.5, 0.6) is 11.5 Å². The first-order valence-electron chi connectivity index (χ1n) is 9.57. The Balaban J connectivity index is 1.47. The lowest BCUT2D eigenvalue weighted by atomic mass is 9.62. The second-order valence-corrected chi connectivity index (χ2v) is 7.81. The van der Waals surface area contributed by atoms with Crippen molar-refractivity contribution >= 4 is 17.5 Å². The molecule has 1 saturated carbocycles. The lowest BCUT2D eigenvalue weighted by Gasteiger charge is -2.49. The van der Waals surface area contributed by atoms with Crippen LogP contribution in [-0.4, -0.2) is 24.3 Å². The van der Waals surface area contributed by atoms with Crippen LogP contribution >= 0.6 is 0 Å². The average Bonchev–Trinajstić information content (AvgIpc) is 2.64. The SMILES string of the molecule is N/C(=C\c1cc(OC2CC3(CCNCC3)C2)ccc1N)c1ccccc1O. The Kier molecular flexibility index (Phi) is 4.70. The molecule has 1 saturated heterocycles. The van der Waals surface area contributed by atoms with Gasteiger partial charge in [0.05, 0.1) is 6.10 Å². The number of nitrogens with two attached hydrogens (primary N) is 2. The molecular weight excluding hydrogens is 338 g/mol. The van der Waals surface area contributed by atoms with Gasteiger partial charge in [0, 0.05) is 22.5 Å². The first kappa shape index (κ1) is 17.7. The second kappa shape index (κ2) is 7.16. The third-order valence-corrected chi connectivity index (χ3v) is 5.87. The van der Waals surface area contributed by atoms with Gasteiger partial charge in [-0.25, -0.2) is 0 Å². The Bertz CT molecular complexity index is 848. The van der Waals surface area contributed by atoms with Crippen LogP contribution in [0.4, 0.5) is 5.69 Å². The van der Waals surface area contributed by atoms with E-state index in [4.69, 9.17) is 16.2 Å². The average molecular weight is 365 g/mol. The lowest BCUT2D eigenvalue weighted by molar-refractivity contribution is -0.0347. The number of hydrogen-bond donors (Lipinski definition) is 4. The van der Waals surface area contributed by atoms with Gasteiger partial charge in [0.25, 0.3) is 0 Å². The Morgan fingerprint density at radius 1 is 1.15 bits per heavy atom. The highest BCUT2D eigenvalue weighted by Gasteiger charge is 2.45. The molecule has 27 heavy (non-hydrogen) atoms. The molecule has 0 atom stereocenters. The van der Waals surface area contributed by atoms with Crippen LogP contribution in [0.2, 0.25) is 0 Å². The van der Waals surface area contributed by atoms with Crippen LogP contribution in [0.25, 0.3) is 11.8 Å². The summed E-state index contributed by atoms with van der Waals surface area (Å²) in [5.74, 6) is 0.966. The van der Waals surface area contributed by atoms with E-state index in [-0.39, 0.29) is 11.9 Å². The van der Waals surface area contributed by atoms with Crippen molar-refractivity contribution in [2.24, 2.45) is 11.1 Å². The van der Waals surface area contributed by atoms with Crippen molar-refractivity contribution in [2.45, 2.75) is 31.8 Å². The number of nitrogens with one attached hydrogen (secondary N) is 1. The van der Waals surface area contributed by atoms with Crippen molar-refractivity contribution in [1.82, 2.24) is 5.32 Å². The Labute approximate surface area is 160 Å². The van der Waals surface area contributed by atoms with E-state index in [2.05, 4.69) is 5.32 Å². The summed E-state index contributed by atoms with van der Waals surface area (Å²) in [7, 11) is 0. The molecule has 1 aliphatic carbocycles. The molecule has 0 unspecified atom stereocenters. The monoisotopic (exact) mass is 365 g/mol. The van der Waals surface area contributed by atoms with Crippen molar-refractivity contribution in [3.05, 3.63) is 53.6 Å². The van der Waals surface area contributed by atoms with E-state index >= 15 is 0 Å². The van der Waals surface area contributed by atoms with Gasteiger partial charge in [-0.2, -0.15) is 0 Å². The fourth-order valence-corrected chi connectivity index (χ4v) is 4.26. The zero-order chi connectivity index (χ0) is 18.9. The summed E-state index contributed by atoms with van der Waals surface area (Å²) in [6.45, 7) is 2.24. The Hall–Kier alpha value is -2.66. The molecule has 2 aromatic carbocycles. The highest BCUT2D eigenvalue weighted by Crippen LogP contribution is 2.49. The fourth-order valence-electron chi connectivity index (χ4n) is 4.26. The summed E-state index contributed by atoms with van der Waals surface area (Å²) in [4.78, 5) is 0. The number of hydrogen-bond acceptors (Lipinski definition) is 5. The van der Waals surface area contributed by atoms with E-state index in [0.29, 0.717) is 22.4 Å². The zero-order valence-corrected chi connectivity index (χ0v) is 15.4. The summed E-state index contributed by atoms with van der Waals surface area (Å²) in [5, 5.41) is 13.4. The first-order valence-corrected chi connectivity index (χ1v) is 9.57. The van der Waals surface area contributed by atoms with E-state index in [1.807, 2.05) is 24.3 Å². The molecule has 5 heteroatoms. The number of ether oxygens (including phenoxy) is 1. The molecule has 0 aromatic heterocycles. The molecule has 6 N–H and O–H groups in total. The maximum absolute atomic E-state index is 9.98. The number of aromatic hydroxyl groups is 1. The predicted molar refractivity (Wildman–Crippen MR) is 109 cm³/mol. The van der Waals surface area contributed by atoms with Crippen molar-refractivity contribution < 1.29 is 9.84 Å². The van der Waals surface area contributed by atoms with Gasteiger partial charge in [-0.15, -0.1) is 0 Å². The minimum Gasteiger partial charge on any atom is -0.507 e. The Morgan fingerprint density at radius 3 is 2.63 bits per heavy atom. The molecule has 2 aromatic rings. The molecule has 0 radical (unpaired) electrons. The molecular formula is C22H27N3O2. The minimum absolute atomic E-state index is 0.152. The third kappa shape index (κ3) is 3.74. The first-order chi connectivity index (χ1) is 13.0. The number of anilines is 1. The highest BCUT2D eigenvalue weighted by molar-refractivity contribution is 5.85. The smallest absolute Gasteiger partial charge is 0.124 e. The van der Waals surface area contributed by atoms with E-state index in [1.165, 1.54) is 12.8 Å². The van der Waals surface area contributed by atoms with E-state index in [1.54, 1.807) is 24.3 Å². The van der Waals surface area contributed by atoms with Crippen molar-refractivity contribution in [3.63, 3.8) is 0 Å². The maximum atomic E-state index is 9.98. The number of nitrogen functional groups attached to an aromatic ring is 1. The van der Waals surface area contributed by atoms with E-state index in [0.717, 1.165) is 37.2 Å². The number of piperidine rings is 1. The molecule has 0 amide bonds. The van der Waals surface area contributed by atoms with Gasteiger partial charge in [0.15, 0.2) is 0 Å². The molecule has 2 fully saturated rings. The molecule has 1 spiro atoms. The van der Waals surface area contributed by atoms with Crippen LogP contribution in [0, 0.1) is 5.41 Å². The molecule has 1 aliphatic heterocycles. The standard InChI is InChI=1S/C22H27N3O2/c23-19-6-5-16(27-17-13-22(14-17)7-9-25-10-8-22)11-15(19)12-20(24)18-3-1-2-4-21(18)26/h1-6,11-12,17,25-26H,7-10,13-14,23-24H2/b20-12-. The summed E-state index contributed by atoms with van der Waals surface area (Å²) in [5.41, 5.74) is 15.3. The maximum Gasteiger partial charge on any atom is 0.124 e. The largest absolute Gasteiger partial charge is 0.507 e. The normalized spacial score (nSPS) is 19.6. The topological polar surface area (TPSA) is 93.5 Å². The van der Waals surface area contributed by atoms with Crippen LogP contribution in [0.15, 0.2) is 42.5 Å². The van der Waals surface area contributed by atoms with Gasteiger partial charge >= 0.3 is 0 Å². The van der Waals surface area contributed by atoms with Gasteiger partial charge in [0.2, 0.25) is 0 Å². The van der Waals surface area contributed by atoms with E-state index < -0.39 is 0 Å². The quantitative estimate of drug-likeness (QED) is 0.492. The minimum atomic E-state index is 0.152. The van der Waals surface area contributed by atoms with Crippen LogP contribution in [0.1, 0.15) is 36.8 Å². The van der Waals surface area contributed by atoms with Crippen molar-refractivity contribution in [3.8, 4) is 11.5 Å². The molecule has 0 bridgehead atoms. The van der Waals surface area contributed by atoms with Crippen molar-refractivity contribution in [2.75, 3.05) is 18.8 Å². The van der Waals surface area contributed by atoms with Gasteiger partial charge in [-0.05, 0) is 80.6 Å². The lowest BCUT2D eigenvalue weighted by Crippen LogP contribution is -2.49. The van der Waals surface area contributed by atoms with Gasteiger partial charge in [0.1, 0.15) is 11.5 Å². The molecule has 142 valence electrons. The molecule has 5 nitrogen and oxygen atoms in total. The number of phenolic OH excluding ortho intramolecular Hbond substituents is 1. The van der Waals surface area contributed by atoms with Crippen LogP contribution in [-0.2, 0) is 0 Å². The highest BCUT2D eigenvalue weighted by atomic mass is 16.5. The number of benzene rings is 2. The summed E-state index contributed by atoms with van der Waals surface area (Å²) >= 11 is 0. The van der Waals surface area contributed by atoms with Crippen molar-refractivity contribution in [1.29, 1.82) is 0 Å². The number of para-hydroxylation sites is 1. The molecule has 4 rings (SSSR count). The summed E-state index contributed by atoms with van der Waals surface area (Å²) in [6.07, 6.45) is 6.82. The molecule has 1 heterocycles. The fraction of sp³-hybridized carbons (Fsp3) is 0.364. The second-order valence-electron chi connectivity index (χ2n) is 7.81. The predicted octanol–water partition coefficient (Wildman–Crippen LogP) is 3.34. The van der Waals surface area contributed by atoms with Crippen LogP contribution in [0.3, 0.4) is 0 Å². The Morgan fingerprint density at radius 2 is 1.89 bits per heavy atom. The molecule has 2 aliphatic rings. The van der Waals surface area contributed by atoms with Gasteiger partial charge in [-0.3, -0.25) is 0 Å². The summed E-state index contributed by atoms with van der Waals surface area (Å²) < 4.78 is 6.19. The van der Waals surface area contributed by atoms with E-state index in [9.17, 15) is 5.11 Å². The zero-order valence-electron chi connectivity index (χ0n) is 15.4. The van der Waals surface area contributed by atoms with Gasteiger partial charge < -0.3 is 26.6 Å². The number of rotatable bonds is 4. The third-order valence-electron chi connectivity index (χ3n) is 5.87. The van der Waals surface area contributed by atoms with Gasteiger partial charge in [-0.1, -0.05) is 12.1 Å². The summed E-state index contributed by atoms with van der Waals surface area (Å²) in [6, 6.07) is 12.7.